The summed E-state index contributed by atoms with van der Waals surface area (Å²) < 4.78 is 42.2. The zero-order valence-electron chi connectivity index (χ0n) is 25.7. The lowest BCUT2D eigenvalue weighted by Crippen LogP contribution is -2.65. The van der Waals surface area contributed by atoms with E-state index in [-0.39, 0.29) is 13.2 Å². The van der Waals surface area contributed by atoms with E-state index in [0.29, 0.717) is 6.61 Å². The molecule has 3 heterocycles. The Hall–Kier alpha value is -3.27. The quantitative estimate of drug-likeness (QED) is 0.227. The monoisotopic (exact) mass is 650 g/mol. The van der Waals surface area contributed by atoms with Crippen LogP contribution in [0.5, 0.6) is 0 Å². The highest BCUT2D eigenvalue weighted by molar-refractivity contribution is 5.77. The van der Waals surface area contributed by atoms with Gasteiger partial charge in [-0.15, -0.1) is 0 Å². The molecule has 47 heavy (non-hydrogen) atoms. The molecule has 1 amide bonds. The van der Waals surface area contributed by atoms with Gasteiger partial charge in [-0.05, 0) is 11.1 Å². The van der Waals surface area contributed by atoms with Gasteiger partial charge in [0.15, 0.2) is 18.9 Å². The van der Waals surface area contributed by atoms with Crippen LogP contribution in [0.2, 0.25) is 0 Å². The largest absolute Gasteiger partial charge is 0.394 e. The van der Waals surface area contributed by atoms with E-state index in [1.807, 2.05) is 91.0 Å². The third kappa shape index (κ3) is 8.61. The van der Waals surface area contributed by atoms with Gasteiger partial charge in [-0.3, -0.25) is 4.79 Å². The van der Waals surface area contributed by atoms with Crippen molar-refractivity contribution in [2.45, 2.75) is 74.7 Å². The number of ether oxygens (including phenoxy) is 7. The molecule has 1 radical (unpaired) electrons. The highest BCUT2D eigenvalue weighted by Crippen LogP contribution is 2.35. The van der Waals surface area contributed by atoms with Gasteiger partial charge in [-0.25, -0.2) is 0 Å². The first-order chi connectivity index (χ1) is 23.0. The Balaban J connectivity index is 1.11. The van der Waals surface area contributed by atoms with Gasteiger partial charge >= 0.3 is 0 Å². The number of benzene rings is 3. The average Bonchev–Trinajstić information content (AvgIpc) is 3.12. The molecule has 3 aromatic carbocycles. The first kappa shape index (κ1) is 33.6. The molecular weight excluding hydrogens is 610 g/mol. The number of rotatable bonds is 12. The summed E-state index contributed by atoms with van der Waals surface area (Å²) >= 11 is 0. The van der Waals surface area contributed by atoms with Gasteiger partial charge in [0, 0.05) is 12.0 Å². The Morgan fingerprint density at radius 3 is 2.09 bits per heavy atom. The SMILES string of the molecule is O=C(CO[C@@H]1[CH][C@@H](OCc2ccccc2)O[C@@H]2COC(c3ccccc3)O[C@@H]12)N[C@@H]1[C@@H](OCc2ccccc2)O[C@H](CO)[C@@H](O)[C@@H]1O. The Morgan fingerprint density at radius 1 is 0.787 bits per heavy atom. The van der Waals surface area contributed by atoms with Gasteiger partial charge < -0.3 is 53.8 Å². The van der Waals surface area contributed by atoms with Crippen molar-refractivity contribution in [2.24, 2.45) is 0 Å². The van der Waals surface area contributed by atoms with Crippen LogP contribution in [0.3, 0.4) is 0 Å². The Morgan fingerprint density at radius 2 is 1.43 bits per heavy atom. The number of amides is 1. The average molecular weight is 651 g/mol. The number of carbonyl (C=O) groups is 1. The number of fused-ring (bicyclic) bond motifs is 1. The van der Waals surface area contributed by atoms with E-state index in [9.17, 15) is 20.1 Å². The molecule has 251 valence electrons. The van der Waals surface area contributed by atoms with Crippen LogP contribution < -0.4 is 5.32 Å². The molecule has 0 saturated carbocycles. The first-order valence-corrected chi connectivity index (χ1v) is 15.7. The van der Waals surface area contributed by atoms with Gasteiger partial charge in [0.25, 0.3) is 0 Å². The van der Waals surface area contributed by atoms with Crippen molar-refractivity contribution < 1.29 is 53.3 Å². The zero-order chi connectivity index (χ0) is 32.6. The maximum absolute atomic E-state index is 13.3. The van der Waals surface area contributed by atoms with Crippen molar-refractivity contribution in [3.63, 3.8) is 0 Å². The van der Waals surface area contributed by atoms with Gasteiger partial charge in [0.1, 0.15) is 43.2 Å². The number of aliphatic hydroxyl groups is 3. The maximum Gasteiger partial charge on any atom is 0.246 e. The van der Waals surface area contributed by atoms with Crippen LogP contribution in [0.4, 0.5) is 0 Å². The molecule has 0 aromatic heterocycles. The third-order valence-electron chi connectivity index (χ3n) is 8.24. The molecule has 0 bridgehead atoms. The lowest BCUT2D eigenvalue weighted by atomic mass is 9.97. The Kier molecular flexibility index (Phi) is 11.6. The molecule has 3 aromatic rings. The van der Waals surface area contributed by atoms with Crippen molar-refractivity contribution in [3.05, 3.63) is 114 Å². The second-order valence-electron chi connectivity index (χ2n) is 11.6. The first-order valence-electron chi connectivity index (χ1n) is 15.7. The lowest BCUT2D eigenvalue weighted by Gasteiger charge is -2.45. The zero-order valence-corrected chi connectivity index (χ0v) is 25.7. The summed E-state index contributed by atoms with van der Waals surface area (Å²) in [7, 11) is 0. The van der Waals surface area contributed by atoms with Crippen molar-refractivity contribution in [3.8, 4) is 0 Å². The van der Waals surface area contributed by atoms with Crippen LogP contribution in [0.15, 0.2) is 91.0 Å². The molecular formula is C35H40NO11. The molecule has 3 saturated heterocycles. The molecule has 3 aliphatic rings. The standard InChI is InChI=1S/C35H40NO11/c37-17-26-31(39)32(40)30(35(46-26)43-19-23-12-6-2-7-13-23)36-28(38)21-41-25-16-29(42-18-22-10-4-1-5-11-22)45-27-20-44-34(47-33(25)27)24-14-8-3-9-15-24/h1-16,25-27,29-35,37,39-40H,17-21H2,(H,36,38)/t25-,26-,27-,29+,30+,31-,32-,33+,34?,35+/m1/s1. The second kappa shape index (κ2) is 16.2. The van der Waals surface area contributed by atoms with Crippen LogP contribution in [0.1, 0.15) is 23.0 Å². The van der Waals surface area contributed by atoms with Crippen LogP contribution in [-0.4, -0.2) is 96.3 Å². The fraction of sp³-hybridized carbons (Fsp3) is 0.429. The van der Waals surface area contributed by atoms with E-state index in [0.717, 1.165) is 16.7 Å². The van der Waals surface area contributed by atoms with E-state index in [4.69, 9.17) is 33.2 Å². The second-order valence-corrected chi connectivity index (χ2v) is 11.6. The summed E-state index contributed by atoms with van der Waals surface area (Å²) in [6.45, 7) is -0.351. The van der Waals surface area contributed by atoms with Gasteiger partial charge in [0.2, 0.25) is 5.91 Å². The Bertz CT molecular complexity index is 1380. The molecule has 1 unspecified atom stereocenters. The lowest BCUT2D eigenvalue weighted by molar-refractivity contribution is -0.326. The van der Waals surface area contributed by atoms with E-state index in [1.54, 1.807) is 6.42 Å². The number of aliphatic hydroxyl groups excluding tert-OH is 3. The topological polar surface area (TPSA) is 154 Å². The number of hydrogen-bond acceptors (Lipinski definition) is 11. The highest BCUT2D eigenvalue weighted by Gasteiger charge is 2.47. The normalized spacial score (nSPS) is 32.3. The van der Waals surface area contributed by atoms with Gasteiger partial charge in [0.05, 0.1) is 32.5 Å². The molecule has 6 rings (SSSR count). The fourth-order valence-corrected chi connectivity index (χ4v) is 5.75. The van der Waals surface area contributed by atoms with Crippen LogP contribution in [0.25, 0.3) is 0 Å². The minimum absolute atomic E-state index is 0.113. The highest BCUT2D eigenvalue weighted by atomic mass is 16.7. The molecule has 12 heteroatoms. The van der Waals surface area contributed by atoms with E-state index in [2.05, 4.69) is 5.32 Å². The summed E-state index contributed by atoms with van der Waals surface area (Å²) in [5.74, 6) is -0.592. The van der Waals surface area contributed by atoms with E-state index in [1.165, 1.54) is 0 Å². The van der Waals surface area contributed by atoms with Crippen molar-refractivity contribution in [2.75, 3.05) is 19.8 Å². The third-order valence-corrected chi connectivity index (χ3v) is 8.24. The van der Waals surface area contributed by atoms with Crippen molar-refractivity contribution >= 4 is 5.91 Å². The number of nitrogens with one attached hydrogen (secondary N) is 1. The molecule has 12 nitrogen and oxygen atoms in total. The Labute approximate surface area is 273 Å². The summed E-state index contributed by atoms with van der Waals surface area (Å²) in [6.07, 6.45) is -6.78. The van der Waals surface area contributed by atoms with Crippen LogP contribution in [0, 0.1) is 6.42 Å². The molecule has 10 atom stereocenters. The van der Waals surface area contributed by atoms with Gasteiger partial charge in [-0.1, -0.05) is 91.0 Å². The summed E-state index contributed by atoms with van der Waals surface area (Å²) in [5.41, 5.74) is 2.63. The van der Waals surface area contributed by atoms with Crippen molar-refractivity contribution in [1.29, 1.82) is 0 Å². The molecule has 0 aliphatic carbocycles. The van der Waals surface area contributed by atoms with Gasteiger partial charge in [-0.2, -0.15) is 0 Å². The predicted octanol–water partition coefficient (Wildman–Crippen LogP) is 1.77. The number of carbonyl (C=O) groups excluding carboxylic acids is 1. The molecule has 3 aliphatic heterocycles. The maximum atomic E-state index is 13.3. The summed E-state index contributed by atoms with van der Waals surface area (Å²) in [5, 5.41) is 33.8. The van der Waals surface area contributed by atoms with E-state index >= 15 is 0 Å². The summed E-state index contributed by atoms with van der Waals surface area (Å²) in [4.78, 5) is 13.3. The smallest absolute Gasteiger partial charge is 0.246 e. The number of hydrogen-bond donors (Lipinski definition) is 4. The summed E-state index contributed by atoms with van der Waals surface area (Å²) in [6, 6.07) is 27.3. The molecule has 0 spiro atoms. The minimum atomic E-state index is -1.48. The van der Waals surface area contributed by atoms with Crippen LogP contribution in [-0.2, 0) is 51.2 Å². The molecule has 3 fully saturated rings. The van der Waals surface area contributed by atoms with Crippen molar-refractivity contribution in [1.82, 2.24) is 5.32 Å². The van der Waals surface area contributed by atoms with E-state index < -0.39 is 80.7 Å². The van der Waals surface area contributed by atoms with Crippen LogP contribution >= 0.6 is 0 Å². The molecule has 4 N–H and O–H groups in total. The fourth-order valence-electron chi connectivity index (χ4n) is 5.75. The minimum Gasteiger partial charge on any atom is -0.394 e. The predicted molar refractivity (Wildman–Crippen MR) is 165 cm³/mol.